The maximum atomic E-state index is 9.23. The van der Waals surface area contributed by atoms with Gasteiger partial charge in [-0.1, -0.05) is 12.1 Å². The number of para-hydroxylation sites is 1. The Bertz CT molecular complexity index is 929. The molecule has 4 rings (SSSR count). The van der Waals surface area contributed by atoms with E-state index < -0.39 is 0 Å². The molecular weight excluding hydrogens is 298 g/mol. The molecule has 5 nitrogen and oxygen atoms in total. The van der Waals surface area contributed by atoms with E-state index in [0.29, 0.717) is 11.6 Å². The minimum absolute atomic E-state index is 0.475. The molecule has 0 saturated carbocycles. The van der Waals surface area contributed by atoms with Gasteiger partial charge in [0.05, 0.1) is 28.2 Å². The van der Waals surface area contributed by atoms with Gasteiger partial charge in [0.15, 0.2) is 0 Å². The Morgan fingerprint density at radius 2 is 2.21 bits per heavy atom. The molecule has 3 heterocycles. The molecule has 2 aromatic heterocycles. The number of fused-ring (bicyclic) bond motifs is 1. The highest BCUT2D eigenvalue weighted by Gasteiger charge is 2.16. The summed E-state index contributed by atoms with van der Waals surface area (Å²) in [6.45, 7) is 4.10. The highest BCUT2D eigenvalue weighted by atomic mass is 15.0. The van der Waals surface area contributed by atoms with Gasteiger partial charge in [0.25, 0.3) is 0 Å². The molecule has 0 amide bonds. The third kappa shape index (κ3) is 2.51. The van der Waals surface area contributed by atoms with Crippen LogP contribution < -0.4 is 10.6 Å². The fourth-order valence-electron chi connectivity index (χ4n) is 3.32. The van der Waals surface area contributed by atoms with E-state index in [1.54, 1.807) is 0 Å². The van der Waals surface area contributed by atoms with Gasteiger partial charge in [-0.05, 0) is 38.1 Å². The van der Waals surface area contributed by atoms with Crippen molar-refractivity contribution in [3.8, 4) is 17.3 Å². The molecule has 5 heteroatoms. The SMILES string of the molecule is Cc1nc(-c2c[nH]c3c(C#N)cccc23)ccc1NC1CCNC1. The number of aromatic nitrogens is 2. The molecule has 1 aliphatic heterocycles. The number of aromatic amines is 1. The van der Waals surface area contributed by atoms with Crippen molar-refractivity contribution in [2.45, 2.75) is 19.4 Å². The summed E-state index contributed by atoms with van der Waals surface area (Å²) >= 11 is 0. The standard InChI is InChI=1S/C19H19N5/c1-12-17(24-14-7-8-21-10-14)5-6-18(23-12)16-11-22-19-13(9-20)3-2-4-15(16)19/h2-6,11,14,21-22,24H,7-8,10H2,1H3. The van der Waals surface area contributed by atoms with Gasteiger partial charge in [-0.15, -0.1) is 0 Å². The lowest BCUT2D eigenvalue weighted by Crippen LogP contribution is -2.22. The van der Waals surface area contributed by atoms with Crippen LogP contribution in [0.4, 0.5) is 5.69 Å². The highest BCUT2D eigenvalue weighted by molar-refractivity contribution is 5.97. The summed E-state index contributed by atoms with van der Waals surface area (Å²) < 4.78 is 0. The quantitative estimate of drug-likeness (QED) is 0.693. The van der Waals surface area contributed by atoms with Crippen LogP contribution in [0, 0.1) is 18.3 Å². The lowest BCUT2D eigenvalue weighted by molar-refractivity contribution is 0.791. The number of nitrogens with zero attached hydrogens (tertiary/aromatic N) is 2. The summed E-state index contributed by atoms with van der Waals surface area (Å²) in [5, 5.41) is 17.2. The number of H-pyrrole nitrogens is 1. The minimum atomic E-state index is 0.475. The number of anilines is 1. The molecule has 120 valence electrons. The third-order valence-corrected chi connectivity index (χ3v) is 4.62. The average molecular weight is 317 g/mol. The van der Waals surface area contributed by atoms with E-state index >= 15 is 0 Å². The molecule has 3 N–H and O–H groups in total. The largest absolute Gasteiger partial charge is 0.380 e. The van der Waals surface area contributed by atoms with Crippen LogP contribution in [-0.2, 0) is 0 Å². The van der Waals surface area contributed by atoms with Crippen LogP contribution in [-0.4, -0.2) is 29.1 Å². The second-order valence-electron chi connectivity index (χ2n) is 6.21. The number of aryl methyl sites for hydroxylation is 1. The van der Waals surface area contributed by atoms with Gasteiger partial charge >= 0.3 is 0 Å². The predicted octanol–water partition coefficient (Wildman–Crippen LogP) is 3.18. The van der Waals surface area contributed by atoms with Gasteiger partial charge in [-0.25, -0.2) is 0 Å². The van der Waals surface area contributed by atoms with Crippen LogP contribution in [0.2, 0.25) is 0 Å². The van der Waals surface area contributed by atoms with Gasteiger partial charge in [0, 0.05) is 29.7 Å². The molecule has 3 aromatic rings. The van der Waals surface area contributed by atoms with Crippen LogP contribution in [0.15, 0.2) is 36.5 Å². The minimum Gasteiger partial charge on any atom is -0.380 e. The van der Waals surface area contributed by atoms with Crippen LogP contribution >= 0.6 is 0 Å². The topological polar surface area (TPSA) is 76.5 Å². The van der Waals surface area contributed by atoms with Gasteiger partial charge < -0.3 is 15.6 Å². The van der Waals surface area contributed by atoms with Crippen molar-refractivity contribution in [3.05, 3.63) is 47.8 Å². The maximum Gasteiger partial charge on any atom is 0.101 e. The first-order chi connectivity index (χ1) is 11.8. The molecule has 0 spiro atoms. The first-order valence-corrected chi connectivity index (χ1v) is 8.22. The Morgan fingerprint density at radius 3 is 2.96 bits per heavy atom. The second-order valence-corrected chi connectivity index (χ2v) is 6.21. The van der Waals surface area contributed by atoms with E-state index in [4.69, 9.17) is 4.98 Å². The van der Waals surface area contributed by atoms with Crippen LogP contribution in [0.3, 0.4) is 0 Å². The van der Waals surface area contributed by atoms with Crippen molar-refractivity contribution in [2.75, 3.05) is 18.4 Å². The number of benzene rings is 1. The first kappa shape index (κ1) is 14.7. The van der Waals surface area contributed by atoms with Crippen LogP contribution in [0.5, 0.6) is 0 Å². The lowest BCUT2D eigenvalue weighted by Gasteiger charge is -2.15. The number of hydrogen-bond acceptors (Lipinski definition) is 4. The number of nitriles is 1. The van der Waals surface area contributed by atoms with E-state index in [2.05, 4.69) is 27.8 Å². The molecule has 24 heavy (non-hydrogen) atoms. The molecule has 1 atom stereocenters. The summed E-state index contributed by atoms with van der Waals surface area (Å²) in [6.07, 6.45) is 3.07. The Morgan fingerprint density at radius 1 is 1.29 bits per heavy atom. The number of nitrogens with one attached hydrogen (secondary N) is 3. The Labute approximate surface area is 140 Å². The summed E-state index contributed by atoms with van der Waals surface area (Å²) in [7, 11) is 0. The summed E-state index contributed by atoms with van der Waals surface area (Å²) in [5.74, 6) is 0. The Hall–Kier alpha value is -2.84. The first-order valence-electron chi connectivity index (χ1n) is 8.22. The maximum absolute atomic E-state index is 9.23. The molecule has 0 bridgehead atoms. The van der Waals surface area contributed by atoms with Gasteiger partial charge in [0.2, 0.25) is 0 Å². The smallest absolute Gasteiger partial charge is 0.101 e. The van der Waals surface area contributed by atoms with Crippen LogP contribution in [0.1, 0.15) is 17.7 Å². The lowest BCUT2D eigenvalue weighted by atomic mass is 10.1. The third-order valence-electron chi connectivity index (χ3n) is 4.62. The zero-order valence-electron chi connectivity index (χ0n) is 13.6. The van der Waals surface area contributed by atoms with E-state index in [1.165, 1.54) is 0 Å². The number of rotatable bonds is 3. The fraction of sp³-hybridized carbons (Fsp3) is 0.263. The van der Waals surface area contributed by atoms with E-state index in [1.807, 2.05) is 37.4 Å². The summed E-state index contributed by atoms with van der Waals surface area (Å²) in [4.78, 5) is 7.99. The van der Waals surface area contributed by atoms with Crippen molar-refractivity contribution in [1.29, 1.82) is 5.26 Å². The molecule has 1 saturated heterocycles. The number of pyridine rings is 1. The van der Waals surface area contributed by atoms with E-state index in [0.717, 1.165) is 53.1 Å². The summed E-state index contributed by atoms with van der Waals surface area (Å²) in [5.41, 5.74) is 5.55. The molecule has 1 aliphatic rings. The predicted molar refractivity (Wildman–Crippen MR) is 95.9 cm³/mol. The molecule has 0 aliphatic carbocycles. The van der Waals surface area contributed by atoms with Gasteiger partial charge in [0.1, 0.15) is 6.07 Å². The normalized spacial score (nSPS) is 17.1. The zero-order valence-corrected chi connectivity index (χ0v) is 13.6. The highest BCUT2D eigenvalue weighted by Crippen LogP contribution is 2.30. The Kier molecular flexibility index (Phi) is 3.68. The van der Waals surface area contributed by atoms with Crippen molar-refractivity contribution in [2.24, 2.45) is 0 Å². The Balaban J connectivity index is 1.70. The number of hydrogen-bond donors (Lipinski definition) is 3. The van der Waals surface area contributed by atoms with E-state index in [9.17, 15) is 5.26 Å². The second kappa shape index (κ2) is 5.99. The monoisotopic (exact) mass is 317 g/mol. The molecule has 1 unspecified atom stereocenters. The van der Waals surface area contributed by atoms with Crippen molar-refractivity contribution in [1.82, 2.24) is 15.3 Å². The van der Waals surface area contributed by atoms with Gasteiger partial charge in [-0.2, -0.15) is 5.26 Å². The zero-order chi connectivity index (χ0) is 16.5. The molecule has 1 fully saturated rings. The molecule has 1 aromatic carbocycles. The van der Waals surface area contributed by atoms with Gasteiger partial charge in [-0.3, -0.25) is 4.98 Å². The van der Waals surface area contributed by atoms with Crippen molar-refractivity contribution < 1.29 is 0 Å². The summed E-state index contributed by atoms with van der Waals surface area (Å²) in [6, 6.07) is 12.6. The van der Waals surface area contributed by atoms with E-state index in [-0.39, 0.29) is 0 Å². The molecular formula is C19H19N5. The fourth-order valence-corrected chi connectivity index (χ4v) is 3.32. The van der Waals surface area contributed by atoms with Crippen molar-refractivity contribution >= 4 is 16.6 Å². The molecule has 0 radical (unpaired) electrons. The van der Waals surface area contributed by atoms with Crippen LogP contribution in [0.25, 0.3) is 22.2 Å². The average Bonchev–Trinajstić information content (AvgIpc) is 3.26. The van der Waals surface area contributed by atoms with Crippen molar-refractivity contribution in [3.63, 3.8) is 0 Å².